The van der Waals surface area contributed by atoms with Gasteiger partial charge in [-0.1, -0.05) is 30.3 Å². The maximum absolute atomic E-state index is 12.8. The highest BCUT2D eigenvalue weighted by Crippen LogP contribution is 2.30. The number of rotatable bonds is 7. The molecule has 5 heteroatoms. The van der Waals surface area contributed by atoms with Crippen LogP contribution in [-0.2, 0) is 6.42 Å². The molecule has 0 atom stereocenters. The smallest absolute Gasteiger partial charge is 0.261 e. The molecule has 4 rings (SSSR count). The van der Waals surface area contributed by atoms with Crippen LogP contribution in [0.5, 0.6) is 0 Å². The van der Waals surface area contributed by atoms with Gasteiger partial charge in [0.05, 0.1) is 11.1 Å². The second-order valence-corrected chi connectivity index (χ2v) is 7.55. The Kier molecular flexibility index (Phi) is 4.99. The SMILES string of the molecule is CCN(CC1CC1)C(=O)c1ccc2c(c1)C(=O)N(CCc1ccccc1)C2=O. The maximum Gasteiger partial charge on any atom is 0.261 e. The van der Waals surface area contributed by atoms with Crippen molar-refractivity contribution in [2.45, 2.75) is 26.2 Å². The van der Waals surface area contributed by atoms with E-state index in [-0.39, 0.29) is 17.7 Å². The number of amides is 3. The largest absolute Gasteiger partial charge is 0.339 e. The Labute approximate surface area is 164 Å². The Morgan fingerprint density at radius 1 is 1.04 bits per heavy atom. The standard InChI is InChI=1S/C23H24N2O3/c1-2-24(15-17-8-9-17)21(26)18-10-11-19-20(14-18)23(28)25(22(19)27)13-12-16-6-4-3-5-7-16/h3-7,10-11,14,17H,2,8-9,12-13,15H2,1H3. The van der Waals surface area contributed by atoms with Crippen LogP contribution in [0.15, 0.2) is 48.5 Å². The molecule has 2 aliphatic rings. The third kappa shape index (κ3) is 3.57. The lowest BCUT2D eigenvalue weighted by atomic mass is 10.0. The van der Waals surface area contributed by atoms with Crippen LogP contribution in [0.3, 0.4) is 0 Å². The van der Waals surface area contributed by atoms with Gasteiger partial charge < -0.3 is 4.90 Å². The van der Waals surface area contributed by atoms with E-state index in [0.29, 0.717) is 42.1 Å². The lowest BCUT2D eigenvalue weighted by Gasteiger charge is -2.20. The Morgan fingerprint density at radius 3 is 2.43 bits per heavy atom. The minimum absolute atomic E-state index is 0.0693. The van der Waals surface area contributed by atoms with Gasteiger partial charge in [-0.3, -0.25) is 19.3 Å². The molecule has 1 saturated carbocycles. The predicted molar refractivity (Wildman–Crippen MR) is 106 cm³/mol. The first-order chi connectivity index (χ1) is 13.6. The summed E-state index contributed by atoms with van der Waals surface area (Å²) in [5, 5.41) is 0. The van der Waals surface area contributed by atoms with E-state index in [9.17, 15) is 14.4 Å². The number of hydrogen-bond donors (Lipinski definition) is 0. The van der Waals surface area contributed by atoms with Crippen LogP contribution in [0.25, 0.3) is 0 Å². The molecule has 1 aliphatic heterocycles. The second kappa shape index (κ2) is 7.58. The number of carbonyl (C=O) groups is 3. The molecule has 1 fully saturated rings. The van der Waals surface area contributed by atoms with Crippen molar-refractivity contribution in [1.82, 2.24) is 9.80 Å². The summed E-state index contributed by atoms with van der Waals surface area (Å²) in [5.41, 5.74) is 2.28. The highest BCUT2D eigenvalue weighted by atomic mass is 16.2. The fourth-order valence-corrected chi connectivity index (χ4v) is 3.66. The Morgan fingerprint density at radius 2 is 1.75 bits per heavy atom. The van der Waals surface area contributed by atoms with Crippen molar-refractivity contribution < 1.29 is 14.4 Å². The average molecular weight is 376 g/mol. The van der Waals surface area contributed by atoms with E-state index in [2.05, 4.69) is 0 Å². The molecule has 2 aromatic rings. The first-order valence-corrected chi connectivity index (χ1v) is 9.92. The van der Waals surface area contributed by atoms with E-state index in [1.54, 1.807) is 18.2 Å². The van der Waals surface area contributed by atoms with Gasteiger partial charge in [0.2, 0.25) is 0 Å². The monoisotopic (exact) mass is 376 g/mol. The number of nitrogens with zero attached hydrogens (tertiary/aromatic N) is 2. The van der Waals surface area contributed by atoms with Gasteiger partial charge in [-0.25, -0.2) is 0 Å². The van der Waals surface area contributed by atoms with Crippen LogP contribution >= 0.6 is 0 Å². The number of hydrogen-bond acceptors (Lipinski definition) is 3. The summed E-state index contributed by atoms with van der Waals surface area (Å²) < 4.78 is 0. The molecule has 0 N–H and O–H groups in total. The summed E-state index contributed by atoms with van der Waals surface area (Å²) in [4.78, 5) is 41.4. The Balaban J connectivity index is 1.51. The van der Waals surface area contributed by atoms with Crippen molar-refractivity contribution >= 4 is 17.7 Å². The third-order valence-corrected chi connectivity index (χ3v) is 5.53. The normalized spacial score (nSPS) is 15.7. The predicted octanol–water partition coefficient (Wildman–Crippen LogP) is 3.40. The van der Waals surface area contributed by atoms with E-state index in [0.717, 1.165) is 12.1 Å². The molecule has 2 aromatic carbocycles. The van der Waals surface area contributed by atoms with E-state index >= 15 is 0 Å². The van der Waals surface area contributed by atoms with Crippen molar-refractivity contribution in [2.75, 3.05) is 19.6 Å². The summed E-state index contributed by atoms with van der Waals surface area (Å²) in [5.74, 6) is -0.0497. The average Bonchev–Trinajstić information content (AvgIpc) is 3.52. The van der Waals surface area contributed by atoms with Crippen LogP contribution in [-0.4, -0.2) is 47.2 Å². The van der Waals surface area contributed by atoms with Gasteiger partial charge in [-0.05, 0) is 55.9 Å². The highest BCUT2D eigenvalue weighted by molar-refractivity contribution is 6.22. The highest BCUT2D eigenvalue weighted by Gasteiger charge is 2.36. The van der Waals surface area contributed by atoms with E-state index in [1.165, 1.54) is 17.7 Å². The van der Waals surface area contributed by atoms with Gasteiger partial charge in [0.25, 0.3) is 17.7 Å². The first-order valence-electron chi connectivity index (χ1n) is 9.92. The lowest BCUT2D eigenvalue weighted by Crippen LogP contribution is -2.33. The number of imide groups is 1. The summed E-state index contributed by atoms with van der Waals surface area (Å²) >= 11 is 0. The third-order valence-electron chi connectivity index (χ3n) is 5.53. The zero-order valence-electron chi connectivity index (χ0n) is 16.1. The van der Waals surface area contributed by atoms with Crippen molar-refractivity contribution in [3.05, 3.63) is 70.8 Å². The van der Waals surface area contributed by atoms with Crippen LogP contribution in [0.1, 0.15) is 56.4 Å². The fourth-order valence-electron chi connectivity index (χ4n) is 3.66. The second-order valence-electron chi connectivity index (χ2n) is 7.55. The quantitative estimate of drug-likeness (QED) is 0.696. The van der Waals surface area contributed by atoms with E-state index < -0.39 is 0 Å². The molecule has 0 unspecified atom stereocenters. The van der Waals surface area contributed by atoms with Gasteiger partial charge in [-0.2, -0.15) is 0 Å². The van der Waals surface area contributed by atoms with Gasteiger partial charge in [0.15, 0.2) is 0 Å². The van der Waals surface area contributed by atoms with Gasteiger partial charge in [0.1, 0.15) is 0 Å². The molecule has 0 spiro atoms. The van der Waals surface area contributed by atoms with Crippen LogP contribution in [0.2, 0.25) is 0 Å². The van der Waals surface area contributed by atoms with E-state index in [4.69, 9.17) is 0 Å². The minimum atomic E-state index is -0.309. The topological polar surface area (TPSA) is 57.7 Å². The van der Waals surface area contributed by atoms with Crippen molar-refractivity contribution in [3.63, 3.8) is 0 Å². The molecule has 0 bridgehead atoms. The molecule has 0 saturated heterocycles. The van der Waals surface area contributed by atoms with Crippen LogP contribution in [0, 0.1) is 5.92 Å². The molecule has 144 valence electrons. The molecule has 0 aromatic heterocycles. The summed E-state index contributed by atoms with van der Waals surface area (Å²) in [6.07, 6.45) is 2.97. The Hall–Kier alpha value is -2.95. The number of benzene rings is 2. The molecular weight excluding hydrogens is 352 g/mol. The minimum Gasteiger partial charge on any atom is -0.339 e. The summed E-state index contributed by atoms with van der Waals surface area (Å²) in [7, 11) is 0. The molecular formula is C23H24N2O3. The molecule has 1 heterocycles. The van der Waals surface area contributed by atoms with Gasteiger partial charge in [-0.15, -0.1) is 0 Å². The number of carbonyl (C=O) groups excluding carboxylic acids is 3. The zero-order chi connectivity index (χ0) is 19.7. The number of fused-ring (bicyclic) bond motifs is 1. The fraction of sp³-hybridized carbons (Fsp3) is 0.348. The molecule has 1 aliphatic carbocycles. The van der Waals surface area contributed by atoms with Gasteiger partial charge >= 0.3 is 0 Å². The van der Waals surface area contributed by atoms with Crippen molar-refractivity contribution in [3.8, 4) is 0 Å². The van der Waals surface area contributed by atoms with Crippen molar-refractivity contribution in [2.24, 2.45) is 5.92 Å². The summed E-state index contributed by atoms with van der Waals surface area (Å²) in [6, 6.07) is 14.7. The summed E-state index contributed by atoms with van der Waals surface area (Å²) in [6.45, 7) is 3.71. The molecule has 5 nitrogen and oxygen atoms in total. The maximum atomic E-state index is 12.8. The van der Waals surface area contributed by atoms with Gasteiger partial charge in [0, 0.05) is 25.2 Å². The molecule has 0 radical (unpaired) electrons. The first kappa shape index (κ1) is 18.4. The lowest BCUT2D eigenvalue weighted by molar-refractivity contribution is 0.0655. The van der Waals surface area contributed by atoms with Crippen LogP contribution < -0.4 is 0 Å². The Bertz CT molecular complexity index is 919. The van der Waals surface area contributed by atoms with E-state index in [1.807, 2.05) is 42.2 Å². The molecule has 3 amide bonds. The van der Waals surface area contributed by atoms with Crippen LogP contribution in [0.4, 0.5) is 0 Å². The zero-order valence-corrected chi connectivity index (χ0v) is 16.1. The molecule has 28 heavy (non-hydrogen) atoms. The van der Waals surface area contributed by atoms with Crippen molar-refractivity contribution in [1.29, 1.82) is 0 Å².